The number of oxazole rings is 1. The van der Waals surface area contributed by atoms with Crippen LogP contribution in [0, 0.1) is 13.8 Å². The van der Waals surface area contributed by atoms with Crippen molar-refractivity contribution in [1.82, 2.24) is 24.7 Å². The first-order chi connectivity index (χ1) is 17.0. The molecule has 0 unspecified atom stereocenters. The quantitative estimate of drug-likeness (QED) is 0.302. The van der Waals surface area contributed by atoms with Gasteiger partial charge in [-0.05, 0) is 68.9 Å². The van der Waals surface area contributed by atoms with Crippen molar-refractivity contribution in [3.63, 3.8) is 0 Å². The lowest BCUT2D eigenvalue weighted by Crippen LogP contribution is -2.15. The zero-order chi connectivity index (χ0) is 24.1. The normalized spacial score (nSPS) is 14.7. The average Bonchev–Trinajstić information content (AvgIpc) is 3.43. The molecule has 3 aromatic heterocycles. The van der Waals surface area contributed by atoms with Crippen LogP contribution in [0.2, 0.25) is 0 Å². The molecule has 0 spiro atoms. The summed E-state index contributed by atoms with van der Waals surface area (Å²) < 4.78 is 7.98. The molecular weight excluding hydrogens is 438 g/mol. The molecule has 8 nitrogen and oxygen atoms in total. The van der Waals surface area contributed by atoms with E-state index < -0.39 is 0 Å². The molecule has 6 rings (SSSR count). The topological polar surface area (TPSA) is 108 Å². The summed E-state index contributed by atoms with van der Waals surface area (Å²) in [6, 6.07) is 12.9. The highest BCUT2D eigenvalue weighted by atomic mass is 16.4. The van der Waals surface area contributed by atoms with Crippen LogP contribution >= 0.6 is 0 Å². The fraction of sp³-hybridized carbons (Fsp3) is 0.259. The van der Waals surface area contributed by atoms with E-state index in [1.54, 1.807) is 0 Å². The molecular formula is C27H27N7O. The predicted octanol–water partition coefficient (Wildman–Crippen LogP) is 6.25. The first-order valence-electron chi connectivity index (χ1n) is 11.9. The fourth-order valence-corrected chi connectivity index (χ4v) is 4.97. The molecule has 0 aliphatic heterocycles. The van der Waals surface area contributed by atoms with Crippen molar-refractivity contribution < 1.29 is 4.42 Å². The molecule has 8 heteroatoms. The number of anilines is 3. The number of rotatable bonds is 4. The summed E-state index contributed by atoms with van der Waals surface area (Å²) in [4.78, 5) is 13.4. The van der Waals surface area contributed by atoms with Crippen LogP contribution in [0.1, 0.15) is 42.9 Å². The van der Waals surface area contributed by atoms with Gasteiger partial charge in [-0.25, -0.2) is 14.6 Å². The van der Waals surface area contributed by atoms with Crippen molar-refractivity contribution in [2.45, 2.75) is 45.6 Å². The number of aromatic nitrogens is 5. The third kappa shape index (κ3) is 3.80. The Balaban J connectivity index is 1.33. The molecule has 0 radical (unpaired) electrons. The standard InChI is InChI=1S/C27H27N7O/c1-15-4-10-20(11-5-15)34-26-22(25(28)29-14-30-26)23(33-34)18-6-8-19(9-7-18)31-27-32-21-13-16(2)12-17(3)24(21)35-27/h6-9,12-14,20H,1,4-5,10-11H2,2-3H3,(H,31,32)(H2,28,29,30). The van der Waals surface area contributed by atoms with Crippen molar-refractivity contribution in [1.29, 1.82) is 0 Å². The van der Waals surface area contributed by atoms with Gasteiger partial charge in [-0.2, -0.15) is 10.1 Å². The van der Waals surface area contributed by atoms with E-state index in [2.05, 4.69) is 39.8 Å². The van der Waals surface area contributed by atoms with E-state index >= 15 is 0 Å². The molecule has 1 fully saturated rings. The van der Waals surface area contributed by atoms with E-state index in [9.17, 15) is 0 Å². The van der Waals surface area contributed by atoms with Crippen molar-refractivity contribution in [2.75, 3.05) is 11.1 Å². The van der Waals surface area contributed by atoms with Crippen LogP contribution in [-0.2, 0) is 0 Å². The number of nitrogen functional groups attached to an aromatic ring is 1. The van der Waals surface area contributed by atoms with Gasteiger partial charge in [0.1, 0.15) is 23.4 Å². The Labute approximate surface area is 202 Å². The molecule has 3 N–H and O–H groups in total. The minimum Gasteiger partial charge on any atom is -0.423 e. The monoisotopic (exact) mass is 465 g/mol. The number of fused-ring (bicyclic) bond motifs is 2. The molecule has 1 aliphatic rings. The number of aryl methyl sites for hydroxylation is 2. The largest absolute Gasteiger partial charge is 0.423 e. The van der Waals surface area contributed by atoms with Crippen molar-refractivity contribution >= 4 is 39.7 Å². The van der Waals surface area contributed by atoms with E-state index in [1.807, 2.05) is 41.9 Å². The Morgan fingerprint density at radius 2 is 1.86 bits per heavy atom. The second-order valence-corrected chi connectivity index (χ2v) is 9.38. The molecule has 0 amide bonds. The van der Waals surface area contributed by atoms with Crippen molar-refractivity contribution in [2.24, 2.45) is 0 Å². The molecule has 2 aromatic carbocycles. The first-order valence-corrected chi connectivity index (χ1v) is 11.9. The predicted molar refractivity (Wildman–Crippen MR) is 139 cm³/mol. The van der Waals surface area contributed by atoms with Gasteiger partial charge >= 0.3 is 0 Å². The first kappa shape index (κ1) is 21.3. The third-order valence-corrected chi connectivity index (χ3v) is 6.76. The molecule has 1 aliphatic carbocycles. The maximum atomic E-state index is 6.30. The highest BCUT2D eigenvalue weighted by molar-refractivity contribution is 5.98. The van der Waals surface area contributed by atoms with Gasteiger partial charge in [0, 0.05) is 11.3 Å². The summed E-state index contributed by atoms with van der Waals surface area (Å²) in [7, 11) is 0. The zero-order valence-corrected chi connectivity index (χ0v) is 19.9. The Morgan fingerprint density at radius 1 is 1.09 bits per heavy atom. The van der Waals surface area contributed by atoms with Gasteiger partial charge in [-0.1, -0.05) is 30.4 Å². The Hall–Kier alpha value is -4.20. The Kier molecular flexibility index (Phi) is 5.02. The van der Waals surface area contributed by atoms with E-state index in [0.29, 0.717) is 11.8 Å². The fourth-order valence-electron chi connectivity index (χ4n) is 4.97. The molecule has 0 saturated heterocycles. The number of benzene rings is 2. The molecule has 176 valence electrons. The second kappa shape index (κ2) is 8.23. The van der Waals surface area contributed by atoms with Crippen molar-refractivity contribution in [3.8, 4) is 11.3 Å². The minimum atomic E-state index is 0.276. The molecule has 5 aromatic rings. The lowest BCUT2D eigenvalue weighted by Gasteiger charge is -2.23. The van der Waals surface area contributed by atoms with Crippen LogP contribution in [0.5, 0.6) is 0 Å². The van der Waals surface area contributed by atoms with Crippen LogP contribution in [0.15, 0.2) is 59.3 Å². The summed E-state index contributed by atoms with van der Waals surface area (Å²) in [5, 5.41) is 9.04. The molecule has 35 heavy (non-hydrogen) atoms. The second-order valence-electron chi connectivity index (χ2n) is 9.38. The van der Waals surface area contributed by atoms with E-state index in [4.69, 9.17) is 15.2 Å². The summed E-state index contributed by atoms with van der Waals surface area (Å²) in [5.74, 6) is 0.441. The molecule has 0 bridgehead atoms. The number of nitrogens with two attached hydrogens (primary N) is 1. The van der Waals surface area contributed by atoms with Gasteiger partial charge in [0.05, 0.1) is 11.4 Å². The third-order valence-electron chi connectivity index (χ3n) is 6.76. The van der Waals surface area contributed by atoms with Gasteiger partial charge in [0.15, 0.2) is 11.2 Å². The van der Waals surface area contributed by atoms with E-state index in [1.165, 1.54) is 11.9 Å². The maximum Gasteiger partial charge on any atom is 0.300 e. The lowest BCUT2D eigenvalue weighted by molar-refractivity contribution is 0.377. The lowest BCUT2D eigenvalue weighted by atomic mass is 9.92. The van der Waals surface area contributed by atoms with Gasteiger partial charge in [0.25, 0.3) is 6.01 Å². The summed E-state index contributed by atoms with van der Waals surface area (Å²) in [5.41, 5.74) is 14.9. The van der Waals surface area contributed by atoms with Crippen LogP contribution in [-0.4, -0.2) is 24.7 Å². The number of hydrogen-bond donors (Lipinski definition) is 2. The number of hydrogen-bond acceptors (Lipinski definition) is 7. The molecule has 3 heterocycles. The van der Waals surface area contributed by atoms with Gasteiger partial charge < -0.3 is 15.5 Å². The van der Waals surface area contributed by atoms with Gasteiger partial charge in [0.2, 0.25) is 0 Å². The molecule has 0 atom stereocenters. The summed E-state index contributed by atoms with van der Waals surface area (Å²) >= 11 is 0. The Bertz CT molecular complexity index is 1570. The number of nitrogens with zero attached hydrogens (tertiary/aromatic N) is 5. The highest BCUT2D eigenvalue weighted by Crippen LogP contribution is 2.37. The smallest absolute Gasteiger partial charge is 0.300 e. The molecule has 1 saturated carbocycles. The van der Waals surface area contributed by atoms with Crippen LogP contribution in [0.3, 0.4) is 0 Å². The summed E-state index contributed by atoms with van der Waals surface area (Å²) in [6.45, 7) is 8.22. The van der Waals surface area contributed by atoms with Gasteiger partial charge in [-0.3, -0.25) is 0 Å². The highest BCUT2D eigenvalue weighted by Gasteiger charge is 2.24. The Morgan fingerprint density at radius 3 is 2.63 bits per heavy atom. The van der Waals surface area contributed by atoms with Crippen LogP contribution < -0.4 is 11.1 Å². The van der Waals surface area contributed by atoms with Crippen LogP contribution in [0.4, 0.5) is 17.5 Å². The number of nitrogens with one attached hydrogen (secondary N) is 1. The van der Waals surface area contributed by atoms with Crippen LogP contribution in [0.25, 0.3) is 33.4 Å². The van der Waals surface area contributed by atoms with E-state index in [-0.39, 0.29) is 6.04 Å². The van der Waals surface area contributed by atoms with Gasteiger partial charge in [-0.15, -0.1) is 0 Å². The SMILES string of the molecule is C=C1CCC(n2nc(-c3ccc(Nc4nc5cc(C)cc(C)c5o4)cc3)c3c(N)ncnc32)CC1. The maximum absolute atomic E-state index is 6.30. The summed E-state index contributed by atoms with van der Waals surface area (Å²) in [6.07, 6.45) is 5.54. The zero-order valence-electron chi connectivity index (χ0n) is 19.9. The number of allylic oxidation sites excluding steroid dienone is 1. The van der Waals surface area contributed by atoms with E-state index in [0.717, 1.165) is 75.9 Å². The average molecular weight is 466 g/mol. The minimum absolute atomic E-state index is 0.276. The van der Waals surface area contributed by atoms with Crippen molar-refractivity contribution in [3.05, 3.63) is 66.0 Å².